The fraction of sp³-hybridized carbons (Fsp3) is 0.133. The molecule has 0 atom stereocenters. The molecule has 0 radical (unpaired) electrons. The van der Waals surface area contributed by atoms with Crippen molar-refractivity contribution in [2.75, 3.05) is 7.11 Å². The number of H-pyrrole nitrogens is 1. The number of aromatic nitrogens is 3. The summed E-state index contributed by atoms with van der Waals surface area (Å²) in [4.78, 5) is 15.8. The maximum absolute atomic E-state index is 11.8. The normalized spacial score (nSPS) is 10.7. The number of nitrogens with one attached hydrogen (secondary N) is 1. The number of methoxy groups -OCH3 is 1. The van der Waals surface area contributed by atoms with E-state index in [1.807, 2.05) is 18.2 Å². The second-order valence-electron chi connectivity index (χ2n) is 4.44. The topological polar surface area (TPSA) is 67.9 Å². The summed E-state index contributed by atoms with van der Waals surface area (Å²) in [5.41, 5.74) is 1.86. The van der Waals surface area contributed by atoms with Gasteiger partial charge in [0.25, 0.3) is 5.56 Å². The first-order valence-corrected chi connectivity index (χ1v) is 6.22. The molecule has 5 heteroatoms. The molecule has 2 aromatic heterocycles. The average Bonchev–Trinajstić information content (AvgIpc) is 2.49. The van der Waals surface area contributed by atoms with Crippen molar-refractivity contribution in [2.24, 2.45) is 0 Å². The average molecular weight is 267 g/mol. The first kappa shape index (κ1) is 12.3. The largest absolute Gasteiger partial charge is 0.496 e. The van der Waals surface area contributed by atoms with Crippen LogP contribution in [0.4, 0.5) is 0 Å². The highest BCUT2D eigenvalue weighted by molar-refractivity contribution is 5.86. The van der Waals surface area contributed by atoms with Crippen molar-refractivity contribution in [3.63, 3.8) is 0 Å². The van der Waals surface area contributed by atoms with Gasteiger partial charge in [0, 0.05) is 29.8 Å². The van der Waals surface area contributed by atoms with Crippen LogP contribution in [0.15, 0.2) is 47.7 Å². The van der Waals surface area contributed by atoms with Gasteiger partial charge in [0.1, 0.15) is 5.75 Å². The van der Waals surface area contributed by atoms with Gasteiger partial charge < -0.3 is 4.74 Å². The van der Waals surface area contributed by atoms with E-state index in [9.17, 15) is 4.79 Å². The zero-order chi connectivity index (χ0) is 13.9. The molecule has 20 heavy (non-hydrogen) atoms. The molecule has 1 aromatic carbocycles. The van der Waals surface area contributed by atoms with Crippen molar-refractivity contribution < 1.29 is 4.74 Å². The van der Waals surface area contributed by atoms with E-state index in [1.165, 1.54) is 0 Å². The van der Waals surface area contributed by atoms with Gasteiger partial charge in [-0.05, 0) is 29.8 Å². The van der Waals surface area contributed by atoms with Crippen molar-refractivity contribution in [3.05, 3.63) is 64.3 Å². The molecule has 0 aliphatic rings. The summed E-state index contributed by atoms with van der Waals surface area (Å²) >= 11 is 0. The molecule has 3 rings (SSSR count). The molecule has 0 saturated heterocycles. The van der Waals surface area contributed by atoms with Crippen molar-refractivity contribution in [2.45, 2.75) is 6.42 Å². The zero-order valence-corrected chi connectivity index (χ0v) is 11.0. The van der Waals surface area contributed by atoms with Crippen molar-refractivity contribution in [3.8, 4) is 5.75 Å². The molecule has 3 aromatic rings. The summed E-state index contributed by atoms with van der Waals surface area (Å²) in [5.74, 6) is 0.752. The van der Waals surface area contributed by atoms with Gasteiger partial charge in [0.2, 0.25) is 0 Å². The molecule has 0 unspecified atom stereocenters. The van der Waals surface area contributed by atoms with Gasteiger partial charge >= 0.3 is 0 Å². The van der Waals surface area contributed by atoms with Crippen LogP contribution in [0, 0.1) is 0 Å². The smallest absolute Gasteiger partial charge is 0.272 e. The van der Waals surface area contributed by atoms with E-state index in [1.54, 1.807) is 31.8 Å². The highest BCUT2D eigenvalue weighted by atomic mass is 16.5. The maximum Gasteiger partial charge on any atom is 0.272 e. The van der Waals surface area contributed by atoms with Crippen molar-refractivity contribution >= 4 is 10.8 Å². The SMILES string of the molecule is COc1ccc2c(=O)[nH]ncc2c1Cc1ccncc1. The predicted octanol–water partition coefficient (Wildman–Crippen LogP) is 1.92. The Morgan fingerprint density at radius 3 is 2.70 bits per heavy atom. The van der Waals surface area contributed by atoms with Gasteiger partial charge in [-0.15, -0.1) is 0 Å². The summed E-state index contributed by atoms with van der Waals surface area (Å²) in [6.07, 6.45) is 5.82. The summed E-state index contributed by atoms with van der Waals surface area (Å²) in [7, 11) is 1.62. The monoisotopic (exact) mass is 267 g/mol. The van der Waals surface area contributed by atoms with Crippen LogP contribution in [0.3, 0.4) is 0 Å². The highest BCUT2D eigenvalue weighted by Gasteiger charge is 2.11. The summed E-state index contributed by atoms with van der Waals surface area (Å²) < 4.78 is 5.41. The van der Waals surface area contributed by atoms with Crippen LogP contribution >= 0.6 is 0 Å². The molecular weight excluding hydrogens is 254 g/mol. The molecule has 0 saturated carbocycles. The molecule has 0 spiro atoms. The molecule has 1 N–H and O–H groups in total. The first-order chi connectivity index (χ1) is 9.79. The zero-order valence-electron chi connectivity index (χ0n) is 11.0. The second-order valence-corrected chi connectivity index (χ2v) is 4.44. The number of nitrogens with zero attached hydrogens (tertiary/aromatic N) is 2. The minimum Gasteiger partial charge on any atom is -0.496 e. The van der Waals surface area contributed by atoms with Crippen molar-refractivity contribution in [1.82, 2.24) is 15.2 Å². The van der Waals surface area contributed by atoms with Gasteiger partial charge in [0.15, 0.2) is 0 Å². The number of hydrogen-bond acceptors (Lipinski definition) is 4. The molecule has 0 amide bonds. The van der Waals surface area contributed by atoms with E-state index in [4.69, 9.17) is 4.74 Å². The molecule has 0 aliphatic heterocycles. The maximum atomic E-state index is 11.8. The van der Waals surface area contributed by atoms with Crippen molar-refractivity contribution in [1.29, 1.82) is 0 Å². The minimum atomic E-state index is -0.193. The van der Waals surface area contributed by atoms with E-state index in [0.717, 1.165) is 22.3 Å². The molecule has 0 aliphatic carbocycles. The van der Waals surface area contributed by atoms with E-state index >= 15 is 0 Å². The number of benzene rings is 1. The van der Waals surface area contributed by atoms with E-state index in [-0.39, 0.29) is 5.56 Å². The number of fused-ring (bicyclic) bond motifs is 1. The summed E-state index contributed by atoms with van der Waals surface area (Å²) in [6, 6.07) is 7.45. The summed E-state index contributed by atoms with van der Waals surface area (Å²) in [6.45, 7) is 0. The Morgan fingerprint density at radius 2 is 1.95 bits per heavy atom. The third-order valence-corrected chi connectivity index (χ3v) is 3.27. The lowest BCUT2D eigenvalue weighted by Crippen LogP contribution is -2.09. The Bertz CT molecular complexity index is 797. The number of rotatable bonds is 3. The molecule has 100 valence electrons. The Kier molecular flexibility index (Phi) is 3.16. The number of pyridine rings is 1. The Hall–Kier alpha value is -2.69. The van der Waals surface area contributed by atoms with Gasteiger partial charge in [0.05, 0.1) is 18.7 Å². The lowest BCUT2D eigenvalue weighted by Gasteiger charge is -2.11. The summed E-state index contributed by atoms with van der Waals surface area (Å²) in [5, 5.41) is 7.76. The Balaban J connectivity index is 2.21. The molecule has 5 nitrogen and oxygen atoms in total. The van der Waals surface area contributed by atoms with Gasteiger partial charge in [-0.1, -0.05) is 0 Å². The lowest BCUT2D eigenvalue weighted by atomic mass is 10.00. The highest BCUT2D eigenvalue weighted by Crippen LogP contribution is 2.27. The number of ether oxygens (including phenoxy) is 1. The lowest BCUT2D eigenvalue weighted by molar-refractivity contribution is 0.411. The van der Waals surface area contributed by atoms with Crippen LogP contribution in [-0.4, -0.2) is 22.3 Å². The molecular formula is C15H13N3O2. The van der Waals surface area contributed by atoms with Crippen LogP contribution in [0.5, 0.6) is 5.75 Å². The van der Waals surface area contributed by atoms with Gasteiger partial charge in [-0.2, -0.15) is 5.10 Å². The molecule has 2 heterocycles. The first-order valence-electron chi connectivity index (χ1n) is 6.22. The standard InChI is InChI=1S/C15H13N3O2/c1-20-14-3-2-11-13(9-17-18-15(11)19)12(14)8-10-4-6-16-7-5-10/h2-7,9H,8H2,1H3,(H,18,19). The number of aromatic amines is 1. The fourth-order valence-corrected chi connectivity index (χ4v) is 2.28. The van der Waals surface area contributed by atoms with Crippen LogP contribution in [-0.2, 0) is 6.42 Å². The second kappa shape index (κ2) is 5.13. The minimum absolute atomic E-state index is 0.193. The number of hydrogen-bond donors (Lipinski definition) is 1. The van der Waals surface area contributed by atoms with E-state index < -0.39 is 0 Å². The van der Waals surface area contributed by atoms with Crippen LogP contribution in [0.1, 0.15) is 11.1 Å². The van der Waals surface area contributed by atoms with Crippen LogP contribution < -0.4 is 10.3 Å². The Morgan fingerprint density at radius 1 is 1.15 bits per heavy atom. The fourth-order valence-electron chi connectivity index (χ4n) is 2.28. The molecule has 0 bridgehead atoms. The third-order valence-electron chi connectivity index (χ3n) is 3.27. The molecule has 0 fully saturated rings. The van der Waals surface area contributed by atoms with Crippen LogP contribution in [0.2, 0.25) is 0 Å². The quantitative estimate of drug-likeness (QED) is 0.787. The predicted molar refractivity (Wildman–Crippen MR) is 76.0 cm³/mol. The van der Waals surface area contributed by atoms with Crippen LogP contribution in [0.25, 0.3) is 10.8 Å². The van der Waals surface area contributed by atoms with E-state index in [2.05, 4.69) is 15.2 Å². The van der Waals surface area contributed by atoms with Gasteiger partial charge in [-0.25, -0.2) is 5.10 Å². The third kappa shape index (κ3) is 2.14. The Labute approximate surface area is 115 Å². The van der Waals surface area contributed by atoms with E-state index in [0.29, 0.717) is 11.8 Å². The van der Waals surface area contributed by atoms with Gasteiger partial charge in [-0.3, -0.25) is 9.78 Å².